The average molecular weight is 586 g/mol. The van der Waals surface area contributed by atoms with Crippen LogP contribution in [0.3, 0.4) is 0 Å². The molecule has 1 saturated heterocycles. The van der Waals surface area contributed by atoms with Crippen LogP contribution in [0.1, 0.15) is 12.5 Å². The fraction of sp³-hybridized carbons (Fsp3) is 0.206. The van der Waals surface area contributed by atoms with Crippen LogP contribution in [0.25, 0.3) is 39.5 Å². The third-order valence-corrected chi connectivity index (χ3v) is 8.30. The highest BCUT2D eigenvalue weighted by Crippen LogP contribution is 2.32. The number of rotatable bonds is 7. The molecule has 220 valence electrons. The third kappa shape index (κ3) is 4.69. The lowest BCUT2D eigenvalue weighted by Crippen LogP contribution is -2.55. The standard InChI is InChI=1S/C34H31N7O3/c1-21-19-39(17-18-40(21)28-29(42)30(43)31(28)44-2)20-22-10-12-24(13-11-22)41-33(25-9-6-16-36-32(25)35)38-27-15-14-26(37-34(27)41)23-7-4-3-5-8-23/h3-16,21H,17-20H2,1-2H3,(H2,35,36). The van der Waals surface area contributed by atoms with E-state index in [9.17, 15) is 9.59 Å². The minimum atomic E-state index is -0.538. The molecule has 10 nitrogen and oxygen atoms in total. The van der Waals surface area contributed by atoms with E-state index in [2.05, 4.69) is 41.1 Å². The van der Waals surface area contributed by atoms with Crippen molar-refractivity contribution in [1.29, 1.82) is 0 Å². The van der Waals surface area contributed by atoms with Gasteiger partial charge in [0.25, 0.3) is 10.9 Å². The molecule has 3 aromatic carbocycles. The normalized spacial score (nSPS) is 15.7. The topological polar surface area (TPSA) is 119 Å². The Bertz CT molecular complexity index is 2050. The molecule has 1 unspecified atom stereocenters. The molecule has 10 heteroatoms. The minimum Gasteiger partial charge on any atom is -0.491 e. The zero-order valence-corrected chi connectivity index (χ0v) is 24.5. The summed E-state index contributed by atoms with van der Waals surface area (Å²) in [5.41, 5.74) is 11.9. The number of pyridine rings is 2. The van der Waals surface area contributed by atoms with E-state index in [0.717, 1.165) is 58.9 Å². The number of imidazole rings is 1. The number of nitrogen functional groups attached to an aromatic ring is 1. The maximum absolute atomic E-state index is 12.2. The van der Waals surface area contributed by atoms with E-state index in [1.165, 1.54) is 7.11 Å². The van der Waals surface area contributed by atoms with Gasteiger partial charge in [-0.1, -0.05) is 42.5 Å². The molecule has 0 bridgehead atoms. The monoisotopic (exact) mass is 585 g/mol. The number of ether oxygens (including phenoxy) is 1. The van der Waals surface area contributed by atoms with Crippen LogP contribution in [-0.2, 0) is 6.54 Å². The molecule has 7 rings (SSSR count). The summed E-state index contributed by atoms with van der Waals surface area (Å²) < 4.78 is 7.22. The molecule has 1 aliphatic heterocycles. The van der Waals surface area contributed by atoms with Gasteiger partial charge in [-0.3, -0.25) is 19.1 Å². The molecule has 44 heavy (non-hydrogen) atoms. The van der Waals surface area contributed by atoms with E-state index in [0.29, 0.717) is 23.9 Å². The number of piperazine rings is 1. The van der Waals surface area contributed by atoms with Crippen LogP contribution >= 0.6 is 0 Å². The number of hydrogen-bond donors (Lipinski definition) is 1. The van der Waals surface area contributed by atoms with E-state index in [1.54, 1.807) is 6.20 Å². The molecule has 4 heterocycles. The first-order chi connectivity index (χ1) is 21.4. The van der Waals surface area contributed by atoms with Crippen LogP contribution in [0.2, 0.25) is 0 Å². The Morgan fingerprint density at radius 1 is 0.909 bits per heavy atom. The molecule has 1 aliphatic rings. The summed E-state index contributed by atoms with van der Waals surface area (Å²) in [4.78, 5) is 42.7. The number of hydrogen-bond acceptors (Lipinski definition) is 9. The molecule has 0 radical (unpaired) electrons. The maximum atomic E-state index is 12.2. The number of fused-ring (bicyclic) bond motifs is 1. The van der Waals surface area contributed by atoms with Crippen molar-refractivity contribution in [3.63, 3.8) is 0 Å². The van der Waals surface area contributed by atoms with Gasteiger partial charge in [0.15, 0.2) is 17.2 Å². The molecule has 0 aliphatic carbocycles. The number of anilines is 2. The Morgan fingerprint density at radius 2 is 1.70 bits per heavy atom. The Morgan fingerprint density at radius 3 is 2.43 bits per heavy atom. The zero-order valence-electron chi connectivity index (χ0n) is 24.5. The van der Waals surface area contributed by atoms with Gasteiger partial charge < -0.3 is 15.4 Å². The average Bonchev–Trinajstić information content (AvgIpc) is 3.43. The number of nitrogens with two attached hydrogens (primary N) is 1. The largest absolute Gasteiger partial charge is 0.491 e. The minimum absolute atomic E-state index is 0.0647. The van der Waals surface area contributed by atoms with Gasteiger partial charge in [-0.25, -0.2) is 15.0 Å². The first kappa shape index (κ1) is 27.5. The van der Waals surface area contributed by atoms with Gasteiger partial charge in [0.1, 0.15) is 17.0 Å². The molecule has 0 amide bonds. The number of benzene rings is 2. The second kappa shape index (κ2) is 11.1. The van der Waals surface area contributed by atoms with E-state index in [4.69, 9.17) is 20.4 Å². The summed E-state index contributed by atoms with van der Waals surface area (Å²) in [5.74, 6) is 1.25. The van der Waals surface area contributed by atoms with Crippen molar-refractivity contribution < 1.29 is 4.74 Å². The first-order valence-corrected chi connectivity index (χ1v) is 14.5. The predicted octanol–water partition coefficient (Wildman–Crippen LogP) is 4.05. The molecule has 1 atom stereocenters. The van der Waals surface area contributed by atoms with E-state index in [1.807, 2.05) is 64.1 Å². The molecule has 6 aromatic rings. The summed E-state index contributed by atoms with van der Waals surface area (Å²) in [7, 11) is 1.43. The summed E-state index contributed by atoms with van der Waals surface area (Å²) in [6.07, 6.45) is 1.67. The van der Waals surface area contributed by atoms with Crippen molar-refractivity contribution in [1.82, 2.24) is 24.4 Å². The fourth-order valence-electron chi connectivity index (χ4n) is 6.09. The third-order valence-electron chi connectivity index (χ3n) is 8.30. The maximum Gasteiger partial charge on any atom is 0.272 e. The van der Waals surface area contributed by atoms with Crippen molar-refractivity contribution in [3.05, 3.63) is 111 Å². The second-order valence-electron chi connectivity index (χ2n) is 11.1. The Hall–Kier alpha value is -5.35. The van der Waals surface area contributed by atoms with Gasteiger partial charge in [0, 0.05) is 49.7 Å². The van der Waals surface area contributed by atoms with Gasteiger partial charge in [-0.2, -0.15) is 0 Å². The highest BCUT2D eigenvalue weighted by atomic mass is 16.5. The molecular formula is C34H31N7O3. The quantitative estimate of drug-likeness (QED) is 0.277. The Labute approximate surface area is 253 Å². The lowest BCUT2D eigenvalue weighted by Gasteiger charge is -2.41. The van der Waals surface area contributed by atoms with E-state index in [-0.39, 0.29) is 11.8 Å². The lowest BCUT2D eigenvalue weighted by atomic mass is 10.1. The highest BCUT2D eigenvalue weighted by Gasteiger charge is 2.33. The molecule has 3 aromatic heterocycles. The van der Waals surface area contributed by atoms with Gasteiger partial charge in [-0.05, 0) is 48.9 Å². The molecule has 1 fully saturated rings. The SMILES string of the molecule is COc1c(N2CCN(Cc3ccc(-n4c(-c5cccnc5N)nc5ccc(-c6ccccc6)nc54)cc3)CC2C)c(=O)c1=O. The summed E-state index contributed by atoms with van der Waals surface area (Å²) in [6, 6.07) is 26.3. The summed E-state index contributed by atoms with van der Waals surface area (Å²) in [5, 5.41) is 0. The van der Waals surface area contributed by atoms with Crippen LogP contribution < -0.4 is 26.2 Å². The van der Waals surface area contributed by atoms with Gasteiger partial charge in [0.05, 0.1) is 18.4 Å². The van der Waals surface area contributed by atoms with Crippen molar-refractivity contribution in [3.8, 4) is 34.1 Å². The number of nitrogens with zero attached hydrogens (tertiary/aromatic N) is 6. The molecule has 0 saturated carbocycles. The molecular weight excluding hydrogens is 554 g/mol. The van der Waals surface area contributed by atoms with Crippen LogP contribution in [0, 0.1) is 0 Å². The van der Waals surface area contributed by atoms with Crippen molar-refractivity contribution >= 4 is 22.7 Å². The number of methoxy groups -OCH3 is 1. The van der Waals surface area contributed by atoms with Crippen molar-refractivity contribution in [2.45, 2.75) is 19.5 Å². The Kier molecular flexibility index (Phi) is 6.90. The zero-order chi connectivity index (χ0) is 30.4. The lowest BCUT2D eigenvalue weighted by molar-refractivity contribution is 0.219. The van der Waals surface area contributed by atoms with Crippen LogP contribution in [0.4, 0.5) is 11.5 Å². The smallest absolute Gasteiger partial charge is 0.272 e. The van der Waals surface area contributed by atoms with Crippen LogP contribution in [0.5, 0.6) is 5.75 Å². The fourth-order valence-corrected chi connectivity index (χ4v) is 6.09. The van der Waals surface area contributed by atoms with Gasteiger partial charge >= 0.3 is 0 Å². The van der Waals surface area contributed by atoms with Crippen LogP contribution in [-0.4, -0.2) is 57.2 Å². The highest BCUT2D eigenvalue weighted by molar-refractivity contribution is 5.84. The van der Waals surface area contributed by atoms with Gasteiger partial charge in [-0.15, -0.1) is 0 Å². The van der Waals surface area contributed by atoms with E-state index >= 15 is 0 Å². The van der Waals surface area contributed by atoms with Gasteiger partial charge in [0.2, 0.25) is 0 Å². The summed E-state index contributed by atoms with van der Waals surface area (Å²) in [6.45, 7) is 4.99. The molecule has 2 N–H and O–H groups in total. The number of aromatic nitrogens is 4. The van der Waals surface area contributed by atoms with Crippen molar-refractivity contribution in [2.75, 3.05) is 37.4 Å². The summed E-state index contributed by atoms with van der Waals surface area (Å²) >= 11 is 0. The second-order valence-corrected chi connectivity index (χ2v) is 11.1. The first-order valence-electron chi connectivity index (χ1n) is 14.5. The van der Waals surface area contributed by atoms with E-state index < -0.39 is 10.9 Å². The molecule has 0 spiro atoms. The predicted molar refractivity (Wildman–Crippen MR) is 172 cm³/mol. The Balaban J connectivity index is 1.18. The van der Waals surface area contributed by atoms with Crippen molar-refractivity contribution in [2.24, 2.45) is 0 Å². The van der Waals surface area contributed by atoms with Crippen LogP contribution in [0.15, 0.2) is 94.6 Å².